The van der Waals surface area contributed by atoms with Gasteiger partial charge in [0.25, 0.3) is 5.19 Å². The highest BCUT2D eigenvalue weighted by Gasteiger charge is 2.49. The second kappa shape index (κ2) is 8.12. The van der Waals surface area contributed by atoms with Gasteiger partial charge in [0.15, 0.2) is 11.2 Å². The average molecular weight is 458 g/mol. The van der Waals surface area contributed by atoms with Gasteiger partial charge < -0.3 is 9.84 Å². The molecule has 7 nitrogen and oxygen atoms in total. The molecule has 0 amide bonds. The number of ether oxygens (including phenoxy) is 1. The first kappa shape index (κ1) is 21.3. The number of phenolic OH excluding ortho intramolecular Hbond substituents is 1. The molecule has 4 heterocycles. The lowest BCUT2D eigenvalue weighted by Crippen LogP contribution is -2.63. The molecule has 2 saturated heterocycles. The van der Waals surface area contributed by atoms with Crippen molar-refractivity contribution in [3.05, 3.63) is 36.2 Å². The standard InChI is InChI=1S/C23H28FN5O2S/c1-12-9-18-21(24)20(11-17(14(12)3)28(18)4)31-23-26-25-22(32-23)16-6-5-15(10-19(16)30)29-8-7-13(2)27-29/h5-8,10,12,14,17-18,20-21,30H,9,11H2,1-4H3. The zero-order valence-corrected chi connectivity index (χ0v) is 19.5. The van der Waals surface area contributed by atoms with Gasteiger partial charge in [-0.15, -0.1) is 5.10 Å². The molecule has 2 aliphatic heterocycles. The van der Waals surface area contributed by atoms with Crippen LogP contribution in [0.2, 0.25) is 0 Å². The van der Waals surface area contributed by atoms with Crippen LogP contribution >= 0.6 is 11.3 Å². The molecule has 5 rings (SSSR count). The highest BCUT2D eigenvalue weighted by Crippen LogP contribution is 2.42. The van der Waals surface area contributed by atoms with E-state index in [1.807, 2.05) is 32.3 Å². The van der Waals surface area contributed by atoms with Gasteiger partial charge in [-0.1, -0.05) is 30.3 Å². The molecule has 170 valence electrons. The SMILES string of the molecule is Cc1ccn(-c2ccc(-c3nnc(OC4CC5C(C)C(C)CC(C4F)N5C)s3)c(O)c2)n1. The number of hydrogen-bond donors (Lipinski definition) is 1. The number of piperidine rings is 2. The molecule has 6 unspecified atom stereocenters. The maximum absolute atomic E-state index is 15.3. The van der Waals surface area contributed by atoms with Crippen molar-refractivity contribution in [2.75, 3.05) is 7.05 Å². The molecule has 2 aliphatic rings. The monoisotopic (exact) mass is 457 g/mol. The normalized spacial score (nSPS) is 30.4. The number of aryl methyl sites for hydroxylation is 1. The number of aromatic nitrogens is 4. The van der Waals surface area contributed by atoms with E-state index in [9.17, 15) is 5.11 Å². The Labute approximate surface area is 190 Å². The molecule has 2 fully saturated rings. The van der Waals surface area contributed by atoms with Gasteiger partial charge in [0.05, 0.1) is 16.9 Å². The zero-order valence-electron chi connectivity index (χ0n) is 18.6. The van der Waals surface area contributed by atoms with Crippen LogP contribution in [0.3, 0.4) is 0 Å². The van der Waals surface area contributed by atoms with E-state index >= 15 is 4.39 Å². The summed E-state index contributed by atoms with van der Waals surface area (Å²) in [6.45, 7) is 6.37. The van der Waals surface area contributed by atoms with Gasteiger partial charge in [-0.05, 0) is 50.4 Å². The van der Waals surface area contributed by atoms with E-state index in [4.69, 9.17) is 4.74 Å². The fourth-order valence-electron chi connectivity index (χ4n) is 5.12. The molecule has 3 aromatic rings. The van der Waals surface area contributed by atoms with Crippen molar-refractivity contribution in [3.8, 4) is 27.2 Å². The summed E-state index contributed by atoms with van der Waals surface area (Å²) in [5.74, 6) is 1.08. The van der Waals surface area contributed by atoms with Crippen molar-refractivity contribution in [1.29, 1.82) is 0 Å². The van der Waals surface area contributed by atoms with Crippen LogP contribution in [-0.4, -0.2) is 61.4 Å². The molecule has 1 N–H and O–H groups in total. The molecule has 0 saturated carbocycles. The molecule has 32 heavy (non-hydrogen) atoms. The Morgan fingerprint density at radius 2 is 1.97 bits per heavy atom. The van der Waals surface area contributed by atoms with E-state index in [0.29, 0.717) is 40.1 Å². The molecule has 6 atom stereocenters. The van der Waals surface area contributed by atoms with E-state index in [1.165, 1.54) is 11.3 Å². The first-order valence-corrected chi connectivity index (χ1v) is 11.9. The minimum atomic E-state index is -1.07. The first-order valence-electron chi connectivity index (χ1n) is 11.0. The van der Waals surface area contributed by atoms with Crippen LogP contribution in [0.4, 0.5) is 4.39 Å². The smallest absolute Gasteiger partial charge is 0.294 e. The number of fused-ring (bicyclic) bond motifs is 2. The first-order chi connectivity index (χ1) is 15.3. The van der Waals surface area contributed by atoms with E-state index in [2.05, 4.69) is 34.0 Å². The Balaban J connectivity index is 1.33. The minimum absolute atomic E-state index is 0.0818. The summed E-state index contributed by atoms with van der Waals surface area (Å²) in [7, 11) is 2.03. The van der Waals surface area contributed by atoms with Gasteiger partial charge in [0.1, 0.15) is 11.9 Å². The van der Waals surface area contributed by atoms with Gasteiger partial charge in [-0.25, -0.2) is 9.07 Å². The van der Waals surface area contributed by atoms with Crippen LogP contribution in [0.15, 0.2) is 30.5 Å². The molecule has 9 heteroatoms. The Bertz CT molecular complexity index is 1120. The third-order valence-corrected chi connectivity index (χ3v) is 8.07. The van der Waals surface area contributed by atoms with Crippen molar-refractivity contribution in [3.63, 3.8) is 0 Å². The number of benzene rings is 1. The number of nitrogens with zero attached hydrogens (tertiary/aromatic N) is 5. The van der Waals surface area contributed by atoms with Crippen molar-refractivity contribution in [2.45, 2.75) is 58.0 Å². The average Bonchev–Trinajstić information content (AvgIpc) is 3.40. The molecular weight excluding hydrogens is 429 g/mol. The molecule has 2 bridgehead atoms. The van der Waals surface area contributed by atoms with Crippen LogP contribution < -0.4 is 4.74 Å². The fourth-order valence-corrected chi connectivity index (χ4v) is 5.90. The summed E-state index contributed by atoms with van der Waals surface area (Å²) in [6.07, 6.45) is 1.72. The summed E-state index contributed by atoms with van der Waals surface area (Å²) < 4.78 is 23.0. The Hall–Kier alpha value is -2.52. The number of aromatic hydroxyl groups is 1. The lowest BCUT2D eigenvalue weighted by Gasteiger charge is -2.53. The van der Waals surface area contributed by atoms with Crippen molar-refractivity contribution in [2.24, 2.45) is 11.8 Å². The van der Waals surface area contributed by atoms with Crippen molar-refractivity contribution < 1.29 is 14.2 Å². The number of phenols is 1. The Kier molecular flexibility index (Phi) is 5.41. The molecule has 0 radical (unpaired) electrons. The summed E-state index contributed by atoms with van der Waals surface area (Å²) in [5, 5.41) is 24.1. The van der Waals surface area contributed by atoms with E-state index in [-0.39, 0.29) is 11.8 Å². The van der Waals surface area contributed by atoms with Crippen molar-refractivity contribution >= 4 is 11.3 Å². The van der Waals surface area contributed by atoms with Gasteiger partial charge in [0, 0.05) is 30.8 Å². The number of halogens is 1. The number of alkyl halides is 1. The van der Waals surface area contributed by atoms with Crippen LogP contribution in [0, 0.1) is 18.8 Å². The predicted molar refractivity (Wildman–Crippen MR) is 121 cm³/mol. The summed E-state index contributed by atoms with van der Waals surface area (Å²) >= 11 is 1.22. The molecule has 0 spiro atoms. The second-order valence-corrected chi connectivity index (χ2v) is 10.1. The summed E-state index contributed by atoms with van der Waals surface area (Å²) in [4.78, 5) is 2.20. The number of hydrogen-bond acceptors (Lipinski definition) is 7. The van der Waals surface area contributed by atoms with Crippen LogP contribution in [0.5, 0.6) is 10.9 Å². The van der Waals surface area contributed by atoms with Crippen molar-refractivity contribution in [1.82, 2.24) is 24.9 Å². The highest BCUT2D eigenvalue weighted by atomic mass is 32.1. The van der Waals surface area contributed by atoms with Gasteiger partial charge in [-0.2, -0.15) is 5.10 Å². The third-order valence-electron chi connectivity index (χ3n) is 7.22. The van der Waals surface area contributed by atoms with E-state index < -0.39 is 12.3 Å². The largest absolute Gasteiger partial charge is 0.507 e. The maximum atomic E-state index is 15.3. The third kappa shape index (κ3) is 3.67. The lowest BCUT2D eigenvalue weighted by molar-refractivity contribution is -0.0956. The van der Waals surface area contributed by atoms with Crippen LogP contribution in [0.1, 0.15) is 32.4 Å². The second-order valence-electron chi connectivity index (χ2n) is 9.18. The van der Waals surface area contributed by atoms with Gasteiger partial charge in [0.2, 0.25) is 0 Å². The fraction of sp³-hybridized carbons (Fsp3) is 0.522. The topological polar surface area (TPSA) is 76.3 Å². The van der Waals surface area contributed by atoms with Crippen LogP contribution in [0.25, 0.3) is 16.3 Å². The Morgan fingerprint density at radius 3 is 2.69 bits per heavy atom. The lowest BCUT2D eigenvalue weighted by atomic mass is 9.71. The van der Waals surface area contributed by atoms with E-state index in [0.717, 1.165) is 17.8 Å². The molecular formula is C23H28FN5O2S. The minimum Gasteiger partial charge on any atom is -0.507 e. The molecule has 0 aliphatic carbocycles. The zero-order chi connectivity index (χ0) is 22.6. The quantitative estimate of drug-likeness (QED) is 0.632. The summed E-state index contributed by atoms with van der Waals surface area (Å²) in [5.41, 5.74) is 2.21. The predicted octanol–water partition coefficient (Wildman–Crippen LogP) is 4.24. The Morgan fingerprint density at radius 1 is 1.16 bits per heavy atom. The molecule has 2 aromatic heterocycles. The van der Waals surface area contributed by atoms with E-state index in [1.54, 1.807) is 16.8 Å². The number of rotatable bonds is 4. The molecule has 1 aromatic carbocycles. The summed E-state index contributed by atoms with van der Waals surface area (Å²) in [6, 6.07) is 7.36. The highest BCUT2D eigenvalue weighted by molar-refractivity contribution is 7.16. The van der Waals surface area contributed by atoms with Gasteiger partial charge >= 0.3 is 0 Å². The van der Waals surface area contributed by atoms with Crippen LogP contribution in [-0.2, 0) is 0 Å². The van der Waals surface area contributed by atoms with Gasteiger partial charge in [-0.3, -0.25) is 4.90 Å². The maximum Gasteiger partial charge on any atom is 0.294 e.